The third-order valence-corrected chi connectivity index (χ3v) is 9.21. The van der Waals surface area contributed by atoms with Crippen LogP contribution < -0.4 is 20.7 Å². The van der Waals surface area contributed by atoms with Crippen molar-refractivity contribution >= 4 is 33.7 Å². The lowest BCUT2D eigenvalue weighted by Gasteiger charge is -2.28. The van der Waals surface area contributed by atoms with Crippen molar-refractivity contribution in [1.29, 1.82) is 0 Å². The van der Waals surface area contributed by atoms with Crippen molar-refractivity contribution in [2.75, 3.05) is 16.2 Å². The Morgan fingerprint density at radius 3 is 2.58 bits per heavy atom. The number of sulfonamides is 1. The first-order valence-corrected chi connectivity index (χ1v) is 16.0. The van der Waals surface area contributed by atoms with E-state index in [1.165, 1.54) is 18.2 Å². The van der Waals surface area contributed by atoms with E-state index in [0.29, 0.717) is 12.8 Å². The van der Waals surface area contributed by atoms with Crippen LogP contribution in [0, 0.1) is 18.6 Å². The molecule has 3 aromatic rings. The van der Waals surface area contributed by atoms with Gasteiger partial charge in [0.2, 0.25) is 0 Å². The standard InChI is InChI=1S/C30H36F2N8O4S/c1-17-8-10-21(11-9-17)45(42,43)40-16-23(22-12-18(31)14-35-27(22)40)25-34-15-24(32)26(38-25)36-19-6-5-7-20(13-19)37-28(33)39-29(41)44-30(2,3)4/h8-12,14-15,19-20,23H,5-7,13,16H2,1-4H3,(H,34,36,38)(H3,33,37,39,41)/t19-,20+,23?/m0/s1. The quantitative estimate of drug-likeness (QED) is 0.262. The Kier molecular flexibility index (Phi) is 8.92. The zero-order chi connectivity index (χ0) is 32.5. The number of aryl methyl sites for hydroxylation is 1. The Morgan fingerprint density at radius 2 is 1.87 bits per heavy atom. The summed E-state index contributed by atoms with van der Waals surface area (Å²) in [7, 11) is -4.05. The number of pyridine rings is 1. The number of carbonyl (C=O) groups is 1. The molecule has 240 valence electrons. The lowest BCUT2D eigenvalue weighted by Crippen LogP contribution is -2.41. The molecule has 0 saturated heterocycles. The number of nitrogens with one attached hydrogen (secondary N) is 2. The van der Waals surface area contributed by atoms with Gasteiger partial charge in [-0.1, -0.05) is 17.7 Å². The number of alkyl carbamates (subject to hydrolysis) is 1. The zero-order valence-electron chi connectivity index (χ0n) is 25.4. The summed E-state index contributed by atoms with van der Waals surface area (Å²) in [4.78, 5) is 29.2. The number of nitrogens with two attached hydrogens (primary N) is 1. The number of carbonyl (C=O) groups excluding carboxylic acids is 1. The fraction of sp³-hybridized carbons (Fsp3) is 0.433. The molecule has 1 aliphatic carbocycles. The van der Waals surface area contributed by atoms with Gasteiger partial charge in [-0.15, -0.1) is 0 Å². The number of fused-ring (bicyclic) bond motifs is 1. The van der Waals surface area contributed by atoms with Crippen LogP contribution in [0.4, 0.5) is 25.2 Å². The predicted octanol–water partition coefficient (Wildman–Crippen LogP) is 4.36. The van der Waals surface area contributed by atoms with Crippen LogP contribution in [-0.2, 0) is 14.8 Å². The Balaban J connectivity index is 1.34. The smallest absolute Gasteiger partial charge is 0.414 e. The third kappa shape index (κ3) is 7.47. The molecule has 1 aromatic carbocycles. The van der Waals surface area contributed by atoms with E-state index in [1.807, 2.05) is 6.92 Å². The van der Waals surface area contributed by atoms with Gasteiger partial charge in [-0.2, -0.15) is 0 Å². The summed E-state index contributed by atoms with van der Waals surface area (Å²) >= 11 is 0. The monoisotopic (exact) mass is 642 g/mol. The van der Waals surface area contributed by atoms with Gasteiger partial charge < -0.3 is 15.8 Å². The van der Waals surface area contributed by atoms with Gasteiger partial charge in [0.25, 0.3) is 10.0 Å². The summed E-state index contributed by atoms with van der Waals surface area (Å²) in [5, 5.41) is 5.55. The summed E-state index contributed by atoms with van der Waals surface area (Å²) in [5.41, 5.74) is 6.41. The van der Waals surface area contributed by atoms with Gasteiger partial charge in [0.15, 0.2) is 17.6 Å². The number of aliphatic imine (C=N–C) groups is 1. The van der Waals surface area contributed by atoms with E-state index < -0.39 is 39.3 Å². The number of hydrogen-bond acceptors (Lipinski definition) is 9. The third-order valence-electron chi connectivity index (χ3n) is 7.44. The number of ether oxygens (including phenoxy) is 1. The number of anilines is 2. The lowest BCUT2D eigenvalue weighted by molar-refractivity contribution is 0.0562. The van der Waals surface area contributed by atoms with Gasteiger partial charge in [0.1, 0.15) is 23.1 Å². The molecular weight excluding hydrogens is 606 g/mol. The molecule has 0 spiro atoms. The second-order valence-corrected chi connectivity index (χ2v) is 14.1. The molecule has 45 heavy (non-hydrogen) atoms. The van der Waals surface area contributed by atoms with Crippen LogP contribution in [0.25, 0.3) is 0 Å². The molecule has 0 radical (unpaired) electrons. The van der Waals surface area contributed by atoms with Crippen LogP contribution in [0.1, 0.15) is 69.3 Å². The van der Waals surface area contributed by atoms with Crippen LogP contribution in [-0.4, -0.2) is 59.7 Å². The molecule has 2 aliphatic rings. The van der Waals surface area contributed by atoms with Crippen LogP contribution in [0.2, 0.25) is 0 Å². The van der Waals surface area contributed by atoms with Crippen LogP contribution in [0.3, 0.4) is 0 Å². The maximum atomic E-state index is 15.0. The Bertz CT molecular complexity index is 1710. The summed E-state index contributed by atoms with van der Waals surface area (Å²) in [6.07, 6.45) is 3.92. The van der Waals surface area contributed by atoms with E-state index >= 15 is 4.39 Å². The van der Waals surface area contributed by atoms with E-state index in [-0.39, 0.29) is 52.5 Å². The second-order valence-electron chi connectivity index (χ2n) is 12.2. The van der Waals surface area contributed by atoms with Crippen molar-refractivity contribution in [2.45, 2.75) is 81.9 Å². The Hall–Kier alpha value is -4.40. The van der Waals surface area contributed by atoms with Gasteiger partial charge in [0, 0.05) is 11.6 Å². The summed E-state index contributed by atoms with van der Waals surface area (Å²) < 4.78 is 62.9. The van der Waals surface area contributed by atoms with Crippen LogP contribution >= 0.6 is 0 Å². The summed E-state index contributed by atoms with van der Waals surface area (Å²) in [6, 6.07) is 7.11. The van der Waals surface area contributed by atoms with E-state index in [1.54, 1.807) is 32.9 Å². The van der Waals surface area contributed by atoms with Crippen molar-refractivity contribution < 1.29 is 26.7 Å². The molecule has 12 nitrogen and oxygen atoms in total. The first kappa shape index (κ1) is 32.0. The van der Waals surface area contributed by atoms with Gasteiger partial charge in [-0.25, -0.2) is 46.2 Å². The normalized spacial score (nSPS) is 20.4. The molecule has 3 atom stereocenters. The molecular formula is C30H36F2N8O4S. The molecule has 3 heterocycles. The van der Waals surface area contributed by atoms with E-state index in [4.69, 9.17) is 10.5 Å². The largest absolute Gasteiger partial charge is 0.444 e. The van der Waals surface area contributed by atoms with Gasteiger partial charge in [0.05, 0.1) is 35.8 Å². The molecule has 15 heteroatoms. The van der Waals surface area contributed by atoms with E-state index in [2.05, 4.69) is 30.6 Å². The van der Waals surface area contributed by atoms with Crippen molar-refractivity contribution in [3.05, 3.63) is 71.3 Å². The number of benzene rings is 1. The molecule has 2 aromatic heterocycles. The molecule has 1 unspecified atom stereocenters. The Labute approximate surface area is 260 Å². The number of amides is 1. The van der Waals surface area contributed by atoms with E-state index in [9.17, 15) is 17.6 Å². The molecule has 1 aliphatic heterocycles. The van der Waals surface area contributed by atoms with Crippen molar-refractivity contribution in [2.24, 2.45) is 10.7 Å². The minimum atomic E-state index is -4.05. The molecule has 1 saturated carbocycles. The molecule has 4 N–H and O–H groups in total. The summed E-state index contributed by atoms with van der Waals surface area (Å²) in [6.45, 7) is 6.91. The highest BCUT2D eigenvalue weighted by Gasteiger charge is 2.40. The van der Waals surface area contributed by atoms with Gasteiger partial charge >= 0.3 is 6.09 Å². The number of guanidine groups is 1. The fourth-order valence-electron chi connectivity index (χ4n) is 5.43. The summed E-state index contributed by atoms with van der Waals surface area (Å²) in [5.74, 6) is -2.11. The minimum absolute atomic E-state index is 0.0599. The second kappa shape index (κ2) is 12.5. The number of rotatable bonds is 6. The van der Waals surface area contributed by atoms with Crippen molar-refractivity contribution in [3.8, 4) is 0 Å². The van der Waals surface area contributed by atoms with Crippen molar-refractivity contribution in [1.82, 2.24) is 20.3 Å². The van der Waals surface area contributed by atoms with Gasteiger partial charge in [-0.05, 0) is 71.6 Å². The van der Waals surface area contributed by atoms with E-state index in [0.717, 1.165) is 35.1 Å². The van der Waals surface area contributed by atoms with Crippen LogP contribution in [0.5, 0.6) is 0 Å². The first-order valence-electron chi connectivity index (χ1n) is 14.6. The highest BCUT2D eigenvalue weighted by Crippen LogP contribution is 2.41. The molecule has 0 bridgehead atoms. The fourth-order valence-corrected chi connectivity index (χ4v) is 6.89. The molecule has 1 amide bonds. The number of nitrogens with zero attached hydrogens (tertiary/aromatic N) is 5. The highest BCUT2D eigenvalue weighted by atomic mass is 32.2. The number of hydrogen-bond donors (Lipinski definition) is 3. The number of halogens is 2. The van der Waals surface area contributed by atoms with Crippen molar-refractivity contribution in [3.63, 3.8) is 0 Å². The van der Waals surface area contributed by atoms with Gasteiger partial charge in [-0.3, -0.25) is 5.32 Å². The average molecular weight is 643 g/mol. The number of aromatic nitrogens is 3. The SMILES string of the molecule is Cc1ccc(S(=O)(=O)N2CC(c3ncc(F)c(N[C@H]4CCC[C@@H](N=C(N)NC(=O)OC(C)(C)C)C4)n3)c3cc(F)cnc32)cc1. The Morgan fingerprint density at radius 1 is 1.13 bits per heavy atom. The zero-order valence-corrected chi connectivity index (χ0v) is 26.2. The predicted molar refractivity (Wildman–Crippen MR) is 164 cm³/mol. The maximum absolute atomic E-state index is 15.0. The molecule has 1 fully saturated rings. The lowest BCUT2D eigenvalue weighted by atomic mass is 9.91. The maximum Gasteiger partial charge on any atom is 0.414 e. The molecule has 5 rings (SSSR count). The minimum Gasteiger partial charge on any atom is -0.444 e. The topological polar surface area (TPSA) is 165 Å². The van der Waals surface area contributed by atoms with Crippen LogP contribution in [0.15, 0.2) is 52.6 Å². The first-order chi connectivity index (χ1) is 21.2. The average Bonchev–Trinajstić information content (AvgIpc) is 3.33. The highest BCUT2D eigenvalue weighted by molar-refractivity contribution is 7.92.